The largest absolute Gasteiger partial charge is 0.534 e. The summed E-state index contributed by atoms with van der Waals surface area (Å²) in [4.78, 5) is 0. The molecule has 2 aromatic carbocycles. The van der Waals surface area contributed by atoms with Crippen molar-refractivity contribution in [2.75, 3.05) is 5.32 Å². The van der Waals surface area contributed by atoms with Gasteiger partial charge in [0.15, 0.2) is 11.5 Å². The van der Waals surface area contributed by atoms with Crippen molar-refractivity contribution in [2.24, 2.45) is 0 Å². The fourth-order valence-electron chi connectivity index (χ4n) is 2.10. The van der Waals surface area contributed by atoms with Crippen LogP contribution in [-0.2, 0) is 20.2 Å². The lowest BCUT2D eigenvalue weighted by molar-refractivity contribution is -0.0504. The molecule has 0 radical (unpaired) electrons. The molecule has 8 nitrogen and oxygen atoms in total. The zero-order chi connectivity index (χ0) is 22.5. The highest BCUT2D eigenvalue weighted by atomic mass is 32.2. The van der Waals surface area contributed by atoms with Crippen LogP contribution in [0, 0.1) is 0 Å². The van der Waals surface area contributed by atoms with E-state index in [2.05, 4.69) is 13.7 Å². The Balaban J connectivity index is 1.87. The van der Waals surface area contributed by atoms with Crippen molar-refractivity contribution in [3.63, 3.8) is 0 Å². The fraction of sp³-hybridized carbons (Fsp3) is 0.143. The van der Waals surface area contributed by atoms with Gasteiger partial charge in [0, 0.05) is 12.1 Å². The maximum absolute atomic E-state index is 12.4. The second-order valence-corrected chi connectivity index (χ2v) is 8.59. The molecule has 0 aliphatic carbocycles. The van der Waals surface area contributed by atoms with E-state index in [-0.39, 0.29) is 22.9 Å². The van der Waals surface area contributed by atoms with Crippen LogP contribution >= 0.6 is 0 Å². The van der Waals surface area contributed by atoms with Gasteiger partial charge in [0.25, 0.3) is 0 Å². The summed E-state index contributed by atoms with van der Waals surface area (Å²) in [6.45, 7) is 0. The molecule has 0 saturated carbocycles. The summed E-state index contributed by atoms with van der Waals surface area (Å²) in [6, 6.07) is 5.59. The molecule has 1 heterocycles. The Hall–Kier alpha value is -2.88. The molecule has 0 saturated heterocycles. The van der Waals surface area contributed by atoms with E-state index in [0.29, 0.717) is 0 Å². The number of nitrogens with one attached hydrogen (secondary N) is 1. The van der Waals surface area contributed by atoms with Gasteiger partial charge in [-0.05, 0) is 24.3 Å². The zero-order valence-corrected chi connectivity index (χ0v) is 15.5. The number of benzene rings is 2. The van der Waals surface area contributed by atoms with Crippen LogP contribution < -0.4 is 18.4 Å². The van der Waals surface area contributed by atoms with Crippen molar-refractivity contribution in [1.82, 2.24) is 0 Å². The molecular weight excluding hydrogens is 472 g/mol. The lowest BCUT2D eigenvalue weighted by atomic mass is 10.2. The molecule has 0 unspecified atom stereocenters. The third kappa shape index (κ3) is 4.18. The smallest absolute Gasteiger partial charge is 0.453 e. The maximum atomic E-state index is 12.4. The van der Waals surface area contributed by atoms with Gasteiger partial charge in [0.1, 0.15) is 11.5 Å². The van der Waals surface area contributed by atoms with E-state index in [4.69, 9.17) is 4.74 Å². The van der Waals surface area contributed by atoms with Gasteiger partial charge in [-0.2, -0.15) is 43.2 Å². The molecule has 0 amide bonds. The molecule has 0 fully saturated rings. The summed E-state index contributed by atoms with van der Waals surface area (Å²) in [7, 11) is -11.9. The molecule has 0 aromatic heterocycles. The van der Waals surface area contributed by atoms with E-state index in [1.165, 1.54) is 0 Å². The fourth-order valence-corrected chi connectivity index (χ4v) is 3.00. The molecule has 1 N–H and O–H groups in total. The van der Waals surface area contributed by atoms with Crippen molar-refractivity contribution < 1.29 is 56.3 Å². The van der Waals surface area contributed by atoms with E-state index in [9.17, 15) is 43.2 Å². The number of anilines is 2. The topological polar surface area (TPSA) is 108 Å². The summed E-state index contributed by atoms with van der Waals surface area (Å²) in [5, 5.41) is 2.70. The first kappa shape index (κ1) is 21.8. The molecule has 16 heteroatoms. The highest BCUT2D eigenvalue weighted by Crippen LogP contribution is 2.45. The normalized spacial score (nSPS) is 14.1. The van der Waals surface area contributed by atoms with Crippen LogP contribution in [-0.4, -0.2) is 27.9 Å². The summed E-state index contributed by atoms with van der Waals surface area (Å²) >= 11 is 0. The zero-order valence-electron chi connectivity index (χ0n) is 13.9. The Morgan fingerprint density at radius 2 is 1.07 bits per heavy atom. The number of ether oxygens (including phenoxy) is 1. The highest BCUT2D eigenvalue weighted by molar-refractivity contribution is 7.88. The lowest BCUT2D eigenvalue weighted by Gasteiger charge is -2.23. The highest BCUT2D eigenvalue weighted by Gasteiger charge is 2.49. The van der Waals surface area contributed by atoms with Crippen LogP contribution in [0.2, 0.25) is 0 Å². The summed E-state index contributed by atoms with van der Waals surface area (Å²) < 4.78 is 132. The Labute approximate surface area is 164 Å². The Bertz CT molecular complexity index is 1110. The van der Waals surface area contributed by atoms with Crippen LogP contribution in [0.1, 0.15) is 0 Å². The van der Waals surface area contributed by atoms with E-state index >= 15 is 0 Å². The minimum atomic E-state index is -5.95. The predicted octanol–water partition coefficient (Wildman–Crippen LogP) is 3.99. The summed E-state index contributed by atoms with van der Waals surface area (Å²) in [5.41, 5.74) is -11.1. The molecule has 164 valence electrons. The second kappa shape index (κ2) is 6.83. The van der Waals surface area contributed by atoms with Crippen LogP contribution in [0.5, 0.6) is 23.0 Å². The third-order valence-electron chi connectivity index (χ3n) is 3.37. The quantitative estimate of drug-likeness (QED) is 0.340. The van der Waals surface area contributed by atoms with Gasteiger partial charge in [0.2, 0.25) is 0 Å². The molecule has 1 aliphatic heterocycles. The predicted molar refractivity (Wildman–Crippen MR) is 87.4 cm³/mol. The van der Waals surface area contributed by atoms with Gasteiger partial charge in [-0.25, -0.2) is 0 Å². The van der Waals surface area contributed by atoms with Crippen molar-refractivity contribution in [3.05, 3.63) is 36.4 Å². The number of hydrogen-bond acceptors (Lipinski definition) is 8. The summed E-state index contributed by atoms with van der Waals surface area (Å²) in [5.74, 6) is -2.03. The van der Waals surface area contributed by atoms with Crippen molar-refractivity contribution in [2.45, 2.75) is 11.0 Å². The molecule has 0 bridgehead atoms. The van der Waals surface area contributed by atoms with Gasteiger partial charge in [-0.1, -0.05) is 0 Å². The van der Waals surface area contributed by atoms with E-state index in [1.807, 2.05) is 0 Å². The second-order valence-electron chi connectivity index (χ2n) is 5.51. The van der Waals surface area contributed by atoms with Gasteiger partial charge < -0.3 is 18.4 Å². The van der Waals surface area contributed by atoms with E-state index < -0.39 is 42.8 Å². The molecule has 0 atom stereocenters. The van der Waals surface area contributed by atoms with Crippen molar-refractivity contribution in [3.8, 4) is 23.0 Å². The standard InChI is InChI=1S/C14H7F6NO7S2/c15-13(16,17)29(22,23)27-7-1-3-9-11(5-7)26-12-6-8(2-4-10(12)21-9)28-30(24,25)14(18,19)20/h1-6,21H. The molecule has 0 spiro atoms. The SMILES string of the molecule is O=S(=O)(Oc1ccc2c(c1)Oc1cc(OS(=O)(=O)C(F)(F)F)ccc1N2)C(F)(F)F. The first-order valence-corrected chi connectivity index (χ1v) is 10.2. The van der Waals surface area contributed by atoms with Crippen LogP contribution in [0.25, 0.3) is 0 Å². The number of alkyl halides is 6. The maximum Gasteiger partial charge on any atom is 0.534 e. The number of fused-ring (bicyclic) bond motifs is 2. The molecule has 30 heavy (non-hydrogen) atoms. The number of hydrogen-bond donors (Lipinski definition) is 1. The van der Waals surface area contributed by atoms with Gasteiger partial charge in [0.05, 0.1) is 11.4 Å². The summed E-state index contributed by atoms with van der Waals surface area (Å²) in [6.07, 6.45) is 0. The van der Waals surface area contributed by atoms with Gasteiger partial charge >= 0.3 is 31.3 Å². The Kier molecular flexibility index (Phi) is 4.97. The monoisotopic (exact) mass is 479 g/mol. The average Bonchev–Trinajstić information content (AvgIpc) is 2.57. The minimum absolute atomic E-state index is 0.149. The van der Waals surface area contributed by atoms with Gasteiger partial charge in [-0.3, -0.25) is 0 Å². The first-order chi connectivity index (χ1) is 13.6. The number of rotatable bonds is 4. The van der Waals surface area contributed by atoms with Crippen LogP contribution in [0.3, 0.4) is 0 Å². The lowest BCUT2D eigenvalue weighted by Crippen LogP contribution is -2.28. The Morgan fingerprint density at radius 1 is 0.700 bits per heavy atom. The first-order valence-electron chi connectivity index (χ1n) is 7.33. The Morgan fingerprint density at radius 3 is 1.40 bits per heavy atom. The molecule has 3 rings (SSSR count). The minimum Gasteiger partial charge on any atom is -0.453 e. The number of halogens is 6. The van der Waals surface area contributed by atoms with E-state index in [0.717, 1.165) is 36.4 Å². The molecule has 2 aromatic rings. The van der Waals surface area contributed by atoms with E-state index in [1.54, 1.807) is 0 Å². The van der Waals surface area contributed by atoms with Crippen molar-refractivity contribution in [1.29, 1.82) is 0 Å². The van der Waals surface area contributed by atoms with Crippen LogP contribution in [0.4, 0.5) is 37.7 Å². The molecular formula is C14H7F6NO7S2. The van der Waals surface area contributed by atoms with Gasteiger partial charge in [-0.15, -0.1) is 0 Å². The molecule has 1 aliphatic rings. The third-order valence-corrected chi connectivity index (χ3v) is 5.33. The van der Waals surface area contributed by atoms with Crippen molar-refractivity contribution >= 4 is 31.6 Å². The average molecular weight is 479 g/mol. The van der Waals surface area contributed by atoms with Crippen LogP contribution in [0.15, 0.2) is 36.4 Å².